The summed E-state index contributed by atoms with van der Waals surface area (Å²) in [4.78, 5) is 5.12. The van der Waals surface area contributed by atoms with Crippen LogP contribution >= 0.6 is 0 Å². The first-order valence-electron chi connectivity index (χ1n) is 12.0. The van der Waals surface area contributed by atoms with E-state index in [1.807, 2.05) is 0 Å². The van der Waals surface area contributed by atoms with Crippen molar-refractivity contribution in [3.63, 3.8) is 0 Å². The fourth-order valence-electron chi connectivity index (χ4n) is 5.84. The molecule has 0 aromatic heterocycles. The van der Waals surface area contributed by atoms with Crippen LogP contribution in [0.15, 0.2) is 48.2 Å². The predicted octanol–water partition coefficient (Wildman–Crippen LogP) is 4.70. The Morgan fingerprint density at radius 3 is 2.06 bits per heavy atom. The van der Waals surface area contributed by atoms with E-state index in [-0.39, 0.29) is 11.1 Å². The fraction of sp³-hybridized carbons (Fsp3) is 0.500. The second-order valence-electron chi connectivity index (χ2n) is 10.3. The molecule has 5 nitrogen and oxygen atoms in total. The Hall–Kier alpha value is -2.50. The van der Waals surface area contributed by atoms with E-state index in [9.17, 15) is 0 Å². The zero-order valence-corrected chi connectivity index (χ0v) is 21.3. The molecule has 0 radical (unpaired) electrons. The molecule has 0 bridgehead atoms. The molecule has 2 heterocycles. The second-order valence-corrected chi connectivity index (χ2v) is 10.3. The summed E-state index contributed by atoms with van der Waals surface area (Å²) >= 11 is 0. The molecule has 2 aromatic rings. The molecule has 33 heavy (non-hydrogen) atoms. The van der Waals surface area contributed by atoms with Gasteiger partial charge >= 0.3 is 0 Å². The molecule has 0 aliphatic carbocycles. The number of piperazine rings is 1. The van der Waals surface area contributed by atoms with Gasteiger partial charge in [0, 0.05) is 49.5 Å². The number of methoxy groups -OCH3 is 2. The Morgan fingerprint density at radius 1 is 0.818 bits per heavy atom. The monoisotopic (exact) mass is 449 g/mol. The number of rotatable bonds is 6. The van der Waals surface area contributed by atoms with Gasteiger partial charge in [-0.15, -0.1) is 0 Å². The van der Waals surface area contributed by atoms with E-state index in [2.05, 4.69) is 92.2 Å². The maximum absolute atomic E-state index is 5.73. The van der Waals surface area contributed by atoms with E-state index in [0.29, 0.717) is 0 Å². The molecule has 0 saturated carbocycles. The first kappa shape index (κ1) is 23.7. The number of benzene rings is 2. The summed E-state index contributed by atoms with van der Waals surface area (Å²) in [6.45, 7) is 16.2. The van der Waals surface area contributed by atoms with Crippen LogP contribution < -0.4 is 14.8 Å². The van der Waals surface area contributed by atoms with Gasteiger partial charge in [-0.05, 0) is 51.3 Å². The van der Waals surface area contributed by atoms with Crippen LogP contribution in [0.3, 0.4) is 0 Å². The van der Waals surface area contributed by atoms with Gasteiger partial charge in [-0.1, -0.05) is 42.5 Å². The van der Waals surface area contributed by atoms with Crippen molar-refractivity contribution in [3.05, 3.63) is 64.9 Å². The maximum Gasteiger partial charge on any atom is 0.165 e. The minimum atomic E-state index is -0.0802. The Kier molecular flexibility index (Phi) is 6.47. The first-order chi connectivity index (χ1) is 15.7. The zero-order chi connectivity index (χ0) is 23.8. The van der Waals surface area contributed by atoms with Gasteiger partial charge in [-0.25, -0.2) is 0 Å². The van der Waals surface area contributed by atoms with Crippen LogP contribution in [0.1, 0.15) is 44.4 Å². The molecule has 0 spiro atoms. The average molecular weight is 450 g/mol. The highest BCUT2D eigenvalue weighted by atomic mass is 16.5. The van der Waals surface area contributed by atoms with Crippen LogP contribution in [0.5, 0.6) is 11.5 Å². The van der Waals surface area contributed by atoms with Crippen molar-refractivity contribution in [2.24, 2.45) is 0 Å². The van der Waals surface area contributed by atoms with Crippen molar-refractivity contribution in [1.29, 1.82) is 0 Å². The van der Waals surface area contributed by atoms with Crippen molar-refractivity contribution in [1.82, 2.24) is 15.1 Å². The highest BCUT2D eigenvalue weighted by Crippen LogP contribution is 2.44. The van der Waals surface area contributed by atoms with Gasteiger partial charge in [0.1, 0.15) is 0 Å². The number of hydrogen-bond donors (Lipinski definition) is 1. The van der Waals surface area contributed by atoms with Crippen LogP contribution in [0.4, 0.5) is 0 Å². The number of nitrogens with zero attached hydrogens (tertiary/aromatic N) is 2. The molecular formula is C28H39N3O2. The van der Waals surface area contributed by atoms with E-state index in [4.69, 9.17) is 9.47 Å². The molecule has 2 aliphatic heterocycles. The van der Waals surface area contributed by atoms with Gasteiger partial charge in [0.25, 0.3) is 0 Å². The SMILES string of the molecule is COc1c(C)ccc(CN2CCN(C3=C(c4ccccc4)C(C)(C)NC3(C)C)CC2)c1OC. The molecule has 5 heteroatoms. The van der Waals surface area contributed by atoms with Crippen molar-refractivity contribution in [2.45, 2.75) is 52.2 Å². The van der Waals surface area contributed by atoms with Crippen molar-refractivity contribution in [2.75, 3.05) is 40.4 Å². The lowest BCUT2D eigenvalue weighted by molar-refractivity contribution is 0.139. The highest BCUT2D eigenvalue weighted by Gasteiger charge is 2.46. The molecule has 2 aromatic carbocycles. The fourth-order valence-corrected chi connectivity index (χ4v) is 5.84. The number of ether oxygens (including phenoxy) is 2. The lowest BCUT2D eigenvalue weighted by atomic mass is 9.88. The maximum atomic E-state index is 5.73. The molecule has 1 N–H and O–H groups in total. The Morgan fingerprint density at radius 2 is 1.45 bits per heavy atom. The molecule has 0 amide bonds. The molecule has 1 saturated heterocycles. The molecule has 2 aliphatic rings. The Balaban J connectivity index is 1.56. The molecule has 0 atom stereocenters. The molecular weight excluding hydrogens is 410 g/mol. The summed E-state index contributed by atoms with van der Waals surface area (Å²) < 4.78 is 11.3. The van der Waals surface area contributed by atoms with Gasteiger partial charge < -0.3 is 14.4 Å². The second kappa shape index (κ2) is 9.03. The van der Waals surface area contributed by atoms with E-state index in [0.717, 1.165) is 49.8 Å². The van der Waals surface area contributed by atoms with Crippen LogP contribution in [0.2, 0.25) is 0 Å². The van der Waals surface area contributed by atoms with Gasteiger partial charge in [-0.3, -0.25) is 10.2 Å². The number of aryl methyl sites for hydroxylation is 1. The summed E-state index contributed by atoms with van der Waals surface area (Å²) in [6, 6.07) is 15.2. The van der Waals surface area contributed by atoms with Crippen molar-refractivity contribution >= 4 is 5.57 Å². The van der Waals surface area contributed by atoms with E-state index in [1.165, 1.54) is 22.4 Å². The molecule has 1 fully saturated rings. The van der Waals surface area contributed by atoms with Crippen molar-refractivity contribution < 1.29 is 9.47 Å². The highest BCUT2D eigenvalue weighted by molar-refractivity contribution is 5.79. The lowest BCUT2D eigenvalue weighted by Gasteiger charge is -2.41. The Labute approximate surface area is 199 Å². The van der Waals surface area contributed by atoms with Gasteiger partial charge in [0.2, 0.25) is 0 Å². The average Bonchev–Trinajstić information content (AvgIpc) is 2.99. The van der Waals surface area contributed by atoms with Crippen LogP contribution in [-0.4, -0.2) is 61.3 Å². The molecule has 178 valence electrons. The smallest absolute Gasteiger partial charge is 0.165 e. The third kappa shape index (κ3) is 4.49. The summed E-state index contributed by atoms with van der Waals surface area (Å²) in [5, 5.41) is 3.89. The lowest BCUT2D eigenvalue weighted by Crippen LogP contribution is -2.52. The summed E-state index contributed by atoms with van der Waals surface area (Å²) in [6.07, 6.45) is 0. The summed E-state index contributed by atoms with van der Waals surface area (Å²) in [7, 11) is 3.44. The minimum Gasteiger partial charge on any atom is -0.493 e. The Bertz CT molecular complexity index is 1020. The van der Waals surface area contributed by atoms with E-state index >= 15 is 0 Å². The third-order valence-electron chi connectivity index (χ3n) is 7.02. The van der Waals surface area contributed by atoms with Gasteiger partial charge in [-0.2, -0.15) is 0 Å². The van der Waals surface area contributed by atoms with Crippen LogP contribution in [-0.2, 0) is 6.54 Å². The number of nitrogens with one attached hydrogen (secondary N) is 1. The van der Waals surface area contributed by atoms with Gasteiger partial charge in [0.15, 0.2) is 11.5 Å². The van der Waals surface area contributed by atoms with E-state index < -0.39 is 0 Å². The topological polar surface area (TPSA) is 37.0 Å². The standard InChI is InChI=1S/C28H39N3O2/c1-20-13-14-22(25(33-7)24(20)32-6)19-30-15-17-31(18-16-30)26-23(21-11-9-8-10-12-21)27(2,3)29-28(26,4)5/h8-14,29H,15-19H2,1-7H3. The summed E-state index contributed by atoms with van der Waals surface area (Å²) in [5.41, 5.74) is 6.30. The minimum absolute atomic E-state index is 0.0790. The molecule has 4 rings (SSSR count). The number of hydrogen-bond acceptors (Lipinski definition) is 5. The quantitative estimate of drug-likeness (QED) is 0.692. The largest absolute Gasteiger partial charge is 0.493 e. The van der Waals surface area contributed by atoms with Crippen molar-refractivity contribution in [3.8, 4) is 11.5 Å². The summed E-state index contributed by atoms with van der Waals surface area (Å²) in [5.74, 6) is 1.70. The predicted molar refractivity (Wildman–Crippen MR) is 136 cm³/mol. The van der Waals surface area contributed by atoms with Gasteiger partial charge in [0.05, 0.1) is 19.8 Å². The zero-order valence-electron chi connectivity index (χ0n) is 21.3. The van der Waals surface area contributed by atoms with Crippen LogP contribution in [0.25, 0.3) is 5.57 Å². The normalized spacial score (nSPS) is 20.3. The first-order valence-corrected chi connectivity index (χ1v) is 12.0. The van der Waals surface area contributed by atoms with Crippen LogP contribution in [0, 0.1) is 6.92 Å². The van der Waals surface area contributed by atoms with E-state index in [1.54, 1.807) is 14.2 Å². The third-order valence-corrected chi connectivity index (χ3v) is 7.02. The molecule has 0 unspecified atom stereocenters.